The Morgan fingerprint density at radius 2 is 2.08 bits per heavy atom. The average molecular weight is 382 g/mol. The second-order valence-corrected chi connectivity index (χ2v) is 7.95. The second kappa shape index (κ2) is 7.48. The number of nitrogens with zero attached hydrogens (tertiary/aromatic N) is 1. The topological polar surface area (TPSA) is 67.2 Å². The van der Waals surface area contributed by atoms with Crippen LogP contribution in [-0.4, -0.2) is 23.0 Å². The molecular weight excluding hydrogens is 358 g/mol. The number of amides is 1. The van der Waals surface area contributed by atoms with Crippen molar-refractivity contribution >= 4 is 34.8 Å². The Morgan fingerprint density at radius 1 is 1.36 bits per heavy atom. The van der Waals surface area contributed by atoms with E-state index >= 15 is 0 Å². The summed E-state index contributed by atoms with van der Waals surface area (Å²) in [4.78, 5) is 16.9. The van der Waals surface area contributed by atoms with E-state index in [0.717, 1.165) is 35.6 Å². The zero-order valence-corrected chi connectivity index (χ0v) is 16.1. The van der Waals surface area contributed by atoms with Crippen LogP contribution in [0.2, 0.25) is 0 Å². The molecule has 136 valence electrons. The molecule has 0 aromatic carbocycles. The number of carbonyl (C=O) groups excluding carboxylic acids is 1. The fourth-order valence-corrected chi connectivity index (χ4v) is 4.84. The van der Waals surface area contributed by atoms with Gasteiger partial charge in [0.15, 0.2) is 5.13 Å². The van der Waals surface area contributed by atoms with Gasteiger partial charge in [0.05, 0.1) is 5.69 Å². The predicted molar refractivity (Wildman–Crippen MR) is 102 cm³/mol. The van der Waals surface area contributed by atoms with Crippen molar-refractivity contribution in [3.63, 3.8) is 0 Å². The number of thiazole rings is 1. The number of nitrogens with one attached hydrogen (secondary N) is 2. The molecule has 25 heavy (non-hydrogen) atoms. The number of anilines is 1. The first-order valence-corrected chi connectivity index (χ1v) is 9.53. The van der Waals surface area contributed by atoms with Crippen molar-refractivity contribution in [1.29, 1.82) is 0 Å². The monoisotopic (exact) mass is 381 g/mol. The number of halogens is 1. The van der Waals surface area contributed by atoms with Crippen LogP contribution in [0.5, 0.6) is 0 Å². The Labute approximate surface area is 158 Å². The molecular formula is C18H24ClN3O2S. The summed E-state index contributed by atoms with van der Waals surface area (Å²) in [6, 6.07) is 3.24. The Kier molecular flexibility index (Phi) is 5.51. The Bertz CT molecular complexity index is 745. The largest absolute Gasteiger partial charge is 0.466 e. The number of carbonyl (C=O) groups is 1. The molecule has 2 atom stereocenters. The van der Waals surface area contributed by atoms with Crippen LogP contribution in [0.4, 0.5) is 5.13 Å². The molecule has 2 aliphatic heterocycles. The van der Waals surface area contributed by atoms with E-state index in [2.05, 4.69) is 15.6 Å². The summed E-state index contributed by atoms with van der Waals surface area (Å²) in [7, 11) is 0. The zero-order valence-electron chi connectivity index (χ0n) is 14.5. The maximum absolute atomic E-state index is 12.3. The van der Waals surface area contributed by atoms with Crippen molar-refractivity contribution in [1.82, 2.24) is 10.3 Å². The summed E-state index contributed by atoms with van der Waals surface area (Å²) < 4.78 is 5.56. The summed E-state index contributed by atoms with van der Waals surface area (Å²) in [5, 5.41) is 9.24. The Hall–Kier alpha value is -1.37. The van der Waals surface area contributed by atoms with Crippen LogP contribution in [0.25, 0.3) is 11.3 Å². The number of furan rings is 1. The molecule has 2 unspecified atom stereocenters. The van der Waals surface area contributed by atoms with E-state index in [0.29, 0.717) is 29.6 Å². The molecule has 0 aliphatic carbocycles. The summed E-state index contributed by atoms with van der Waals surface area (Å²) in [5.74, 6) is 2.33. The van der Waals surface area contributed by atoms with Crippen LogP contribution < -0.4 is 10.6 Å². The number of fused-ring (bicyclic) bond motifs is 2. The van der Waals surface area contributed by atoms with Crippen LogP contribution in [0, 0.1) is 19.8 Å². The molecule has 2 aliphatic rings. The van der Waals surface area contributed by atoms with E-state index in [1.165, 1.54) is 24.2 Å². The number of hydrogen-bond donors (Lipinski definition) is 2. The van der Waals surface area contributed by atoms with Crippen molar-refractivity contribution in [2.75, 3.05) is 5.32 Å². The van der Waals surface area contributed by atoms with Crippen LogP contribution in [-0.2, 0) is 4.79 Å². The third-order valence-corrected chi connectivity index (χ3v) is 5.87. The molecule has 2 aromatic rings. The summed E-state index contributed by atoms with van der Waals surface area (Å²) in [6.07, 6.45) is 5.39. The summed E-state index contributed by atoms with van der Waals surface area (Å²) in [5.41, 5.74) is 1.86. The fourth-order valence-electron chi connectivity index (χ4n) is 4.11. The molecule has 2 aromatic heterocycles. The number of aryl methyl sites for hydroxylation is 2. The standard InChI is InChI=1S/C18H23N3O2S.ClH/c1-10-5-15(11(2)23-10)16-9-24-18(20-16)21-17(22)8-12-6-13-3-4-14(7-12)19-13;/h5,9,12-14,19H,3-4,6-8H2,1-2H3,(H,20,21,22);1H. The van der Waals surface area contributed by atoms with Gasteiger partial charge in [0.25, 0.3) is 0 Å². The quantitative estimate of drug-likeness (QED) is 0.828. The minimum atomic E-state index is 0. The molecule has 2 saturated heterocycles. The minimum absolute atomic E-state index is 0. The van der Waals surface area contributed by atoms with E-state index in [1.807, 2.05) is 25.3 Å². The first kappa shape index (κ1) is 18.4. The highest BCUT2D eigenvalue weighted by molar-refractivity contribution is 7.14. The van der Waals surface area contributed by atoms with Gasteiger partial charge in [-0.3, -0.25) is 4.79 Å². The van der Waals surface area contributed by atoms with E-state index < -0.39 is 0 Å². The Morgan fingerprint density at radius 3 is 2.72 bits per heavy atom. The molecule has 7 heteroatoms. The number of hydrogen-bond acceptors (Lipinski definition) is 5. The highest BCUT2D eigenvalue weighted by Gasteiger charge is 2.34. The summed E-state index contributed by atoms with van der Waals surface area (Å²) in [6.45, 7) is 3.86. The van der Waals surface area contributed by atoms with Crippen molar-refractivity contribution in [3.05, 3.63) is 23.0 Å². The smallest absolute Gasteiger partial charge is 0.226 e. The van der Waals surface area contributed by atoms with Crippen LogP contribution in [0.15, 0.2) is 15.9 Å². The highest BCUT2D eigenvalue weighted by atomic mass is 35.5. The third kappa shape index (κ3) is 4.07. The van der Waals surface area contributed by atoms with Crippen LogP contribution in [0.3, 0.4) is 0 Å². The van der Waals surface area contributed by atoms with Gasteiger partial charge in [-0.25, -0.2) is 4.98 Å². The lowest BCUT2D eigenvalue weighted by molar-refractivity contribution is -0.117. The van der Waals surface area contributed by atoms with Gasteiger partial charge in [-0.15, -0.1) is 23.7 Å². The van der Waals surface area contributed by atoms with Crippen molar-refractivity contribution in [2.45, 2.75) is 58.0 Å². The van der Waals surface area contributed by atoms with Crippen LogP contribution >= 0.6 is 23.7 Å². The van der Waals surface area contributed by atoms with Crippen molar-refractivity contribution in [2.24, 2.45) is 5.92 Å². The summed E-state index contributed by atoms with van der Waals surface area (Å²) >= 11 is 1.47. The number of piperidine rings is 1. The van der Waals surface area contributed by atoms with E-state index in [9.17, 15) is 4.79 Å². The molecule has 2 bridgehead atoms. The van der Waals surface area contributed by atoms with E-state index in [4.69, 9.17) is 4.42 Å². The maximum atomic E-state index is 12.3. The average Bonchev–Trinajstić information content (AvgIpc) is 3.19. The fraction of sp³-hybridized carbons (Fsp3) is 0.556. The lowest BCUT2D eigenvalue weighted by Crippen LogP contribution is -2.39. The van der Waals surface area contributed by atoms with E-state index in [1.54, 1.807) is 0 Å². The van der Waals surface area contributed by atoms with Gasteiger partial charge in [-0.05, 0) is 51.5 Å². The van der Waals surface area contributed by atoms with Gasteiger partial charge in [-0.2, -0.15) is 0 Å². The molecule has 0 saturated carbocycles. The molecule has 5 nitrogen and oxygen atoms in total. The van der Waals surface area contributed by atoms with Crippen molar-refractivity contribution in [3.8, 4) is 11.3 Å². The van der Waals surface area contributed by atoms with E-state index in [-0.39, 0.29) is 18.3 Å². The maximum Gasteiger partial charge on any atom is 0.226 e. The molecule has 0 radical (unpaired) electrons. The van der Waals surface area contributed by atoms with Gasteiger partial charge in [0.2, 0.25) is 5.91 Å². The first-order valence-electron chi connectivity index (χ1n) is 8.65. The van der Waals surface area contributed by atoms with Gasteiger partial charge in [0.1, 0.15) is 11.5 Å². The second-order valence-electron chi connectivity index (χ2n) is 7.09. The van der Waals surface area contributed by atoms with Gasteiger partial charge in [-0.1, -0.05) is 0 Å². The number of aromatic nitrogens is 1. The predicted octanol–water partition coefficient (Wildman–Crippen LogP) is 4.30. The lowest BCUT2D eigenvalue weighted by Gasteiger charge is -2.28. The van der Waals surface area contributed by atoms with Crippen molar-refractivity contribution < 1.29 is 9.21 Å². The molecule has 2 fully saturated rings. The van der Waals surface area contributed by atoms with Gasteiger partial charge >= 0.3 is 0 Å². The number of rotatable bonds is 4. The lowest BCUT2D eigenvalue weighted by atomic mass is 9.89. The molecule has 4 rings (SSSR count). The van der Waals surface area contributed by atoms with Gasteiger partial charge < -0.3 is 15.1 Å². The zero-order chi connectivity index (χ0) is 16.7. The molecule has 4 heterocycles. The van der Waals surface area contributed by atoms with Crippen LogP contribution in [0.1, 0.15) is 43.6 Å². The SMILES string of the molecule is Cc1cc(-c2csc(NC(=O)CC3CC4CCC(C3)N4)n2)c(C)o1.Cl. The minimum Gasteiger partial charge on any atom is -0.466 e. The Balaban J connectivity index is 0.00000182. The highest BCUT2D eigenvalue weighted by Crippen LogP contribution is 2.33. The third-order valence-electron chi connectivity index (χ3n) is 5.11. The first-order chi connectivity index (χ1) is 11.6. The molecule has 2 N–H and O–H groups in total. The molecule has 0 spiro atoms. The van der Waals surface area contributed by atoms with Gasteiger partial charge in [0, 0.05) is 29.4 Å². The molecule has 1 amide bonds. The normalized spacial score (nSPS) is 24.8.